The number of aromatic nitrogens is 2. The van der Waals surface area contributed by atoms with Gasteiger partial charge in [0, 0.05) is 23.2 Å². The van der Waals surface area contributed by atoms with Crippen molar-refractivity contribution in [3.63, 3.8) is 0 Å². The predicted molar refractivity (Wildman–Crippen MR) is 105 cm³/mol. The second-order valence-electron chi connectivity index (χ2n) is 8.59. The highest BCUT2D eigenvalue weighted by Crippen LogP contribution is 2.39. The van der Waals surface area contributed by atoms with Gasteiger partial charge in [-0.05, 0) is 42.9 Å². The van der Waals surface area contributed by atoms with Crippen LogP contribution in [0.5, 0.6) is 0 Å². The Bertz CT molecular complexity index is 835. The Morgan fingerprint density at radius 1 is 1.44 bits per heavy atom. The zero-order valence-corrected chi connectivity index (χ0v) is 17.9. The molecule has 10 heteroatoms. The van der Waals surface area contributed by atoms with Gasteiger partial charge in [0.2, 0.25) is 0 Å². The number of hydrogen-bond donors (Lipinski definition) is 1. The number of aromatic amines is 1. The summed E-state index contributed by atoms with van der Waals surface area (Å²) in [5, 5.41) is 3.76. The van der Waals surface area contributed by atoms with Gasteiger partial charge < -0.3 is 9.16 Å². The van der Waals surface area contributed by atoms with E-state index in [1.165, 1.54) is 10.8 Å². The number of nitrogens with zero attached hydrogens (tertiary/aromatic N) is 4. The summed E-state index contributed by atoms with van der Waals surface area (Å²) >= 11 is 0. The van der Waals surface area contributed by atoms with Crippen molar-refractivity contribution in [1.29, 1.82) is 0 Å². The largest absolute Gasteiger partial charge is 0.414 e. The molecule has 1 aromatic heterocycles. The lowest BCUT2D eigenvalue weighted by molar-refractivity contribution is -0.0294. The minimum Gasteiger partial charge on any atom is -0.414 e. The van der Waals surface area contributed by atoms with Gasteiger partial charge in [-0.25, -0.2) is 4.79 Å². The van der Waals surface area contributed by atoms with Crippen molar-refractivity contribution in [2.45, 2.75) is 64.6 Å². The molecule has 1 aromatic rings. The average Bonchev–Trinajstić information content (AvgIpc) is 2.96. The highest BCUT2D eigenvalue weighted by Gasteiger charge is 2.41. The van der Waals surface area contributed by atoms with Crippen molar-refractivity contribution in [2.24, 2.45) is 11.0 Å². The molecule has 0 aromatic carbocycles. The van der Waals surface area contributed by atoms with E-state index in [4.69, 9.17) is 14.7 Å². The quantitative estimate of drug-likeness (QED) is 0.344. The van der Waals surface area contributed by atoms with Crippen LogP contribution in [0.1, 0.15) is 39.0 Å². The van der Waals surface area contributed by atoms with Crippen molar-refractivity contribution >= 4 is 8.32 Å². The van der Waals surface area contributed by atoms with E-state index in [-0.39, 0.29) is 23.6 Å². The van der Waals surface area contributed by atoms with E-state index in [2.05, 4.69) is 48.9 Å². The van der Waals surface area contributed by atoms with Crippen LogP contribution in [0, 0.1) is 12.8 Å². The molecule has 0 aliphatic carbocycles. The second-order valence-corrected chi connectivity index (χ2v) is 13.4. The van der Waals surface area contributed by atoms with E-state index in [0.29, 0.717) is 18.6 Å². The summed E-state index contributed by atoms with van der Waals surface area (Å²) in [6.07, 6.45) is 1.21. The Morgan fingerprint density at radius 3 is 2.70 bits per heavy atom. The first-order chi connectivity index (χ1) is 12.5. The van der Waals surface area contributed by atoms with Crippen LogP contribution in [-0.4, -0.2) is 37.1 Å². The van der Waals surface area contributed by atoms with Gasteiger partial charge >= 0.3 is 5.69 Å². The normalized spacial score (nSPS) is 23.3. The van der Waals surface area contributed by atoms with Crippen LogP contribution >= 0.6 is 0 Å². The zero-order valence-electron chi connectivity index (χ0n) is 16.9. The molecule has 0 bridgehead atoms. The molecule has 3 atom stereocenters. The van der Waals surface area contributed by atoms with Crippen LogP contribution in [0.15, 0.2) is 20.9 Å². The van der Waals surface area contributed by atoms with Crippen LogP contribution in [0.3, 0.4) is 0 Å². The summed E-state index contributed by atoms with van der Waals surface area (Å²) in [4.78, 5) is 28.9. The standard InChI is InChI=1S/C17H29N5O4Si/c1-11-9-22(16(24)20-15(11)23)14-7-12(8-19-21-18)13(26-14)10-25-27(5,6)17(2,3)4/h9,12-14H,7-8,10H2,1-6H3,(H,20,23,24)/t12-,13-,14-/m1/s1. The summed E-state index contributed by atoms with van der Waals surface area (Å²) in [6, 6.07) is 0. The van der Waals surface area contributed by atoms with Crippen molar-refractivity contribution in [3.8, 4) is 0 Å². The van der Waals surface area contributed by atoms with Crippen molar-refractivity contribution < 1.29 is 9.16 Å². The second kappa shape index (κ2) is 8.01. The van der Waals surface area contributed by atoms with Crippen LogP contribution in [0.25, 0.3) is 10.4 Å². The van der Waals surface area contributed by atoms with E-state index >= 15 is 0 Å². The summed E-state index contributed by atoms with van der Waals surface area (Å²) < 4.78 is 13.8. The average molecular weight is 396 g/mol. The molecule has 2 rings (SSSR count). The van der Waals surface area contributed by atoms with Crippen LogP contribution < -0.4 is 11.2 Å². The Kier molecular flexibility index (Phi) is 6.36. The Balaban J connectivity index is 2.21. The molecule has 0 amide bonds. The minimum absolute atomic E-state index is 0.0604. The fourth-order valence-electron chi connectivity index (χ4n) is 2.77. The molecular formula is C17H29N5O4Si. The summed E-state index contributed by atoms with van der Waals surface area (Å²) in [5.74, 6) is -0.0604. The zero-order chi connectivity index (χ0) is 20.4. The van der Waals surface area contributed by atoms with Gasteiger partial charge in [0.05, 0.1) is 12.7 Å². The number of azide groups is 1. The molecule has 1 N–H and O–H groups in total. The van der Waals surface area contributed by atoms with Gasteiger partial charge in [-0.15, -0.1) is 0 Å². The third-order valence-corrected chi connectivity index (χ3v) is 10.1. The monoisotopic (exact) mass is 395 g/mol. The number of rotatable bonds is 6. The van der Waals surface area contributed by atoms with Crippen molar-refractivity contribution in [1.82, 2.24) is 9.55 Å². The van der Waals surface area contributed by atoms with E-state index < -0.39 is 25.8 Å². The molecule has 150 valence electrons. The van der Waals surface area contributed by atoms with E-state index in [9.17, 15) is 9.59 Å². The Labute approximate surface area is 159 Å². The molecule has 0 radical (unpaired) electrons. The summed E-state index contributed by atoms with van der Waals surface area (Å²) in [7, 11) is -1.96. The lowest BCUT2D eigenvalue weighted by atomic mass is 10.0. The third kappa shape index (κ3) is 4.89. The first kappa shape index (κ1) is 21.4. The van der Waals surface area contributed by atoms with E-state index in [0.717, 1.165) is 0 Å². The molecular weight excluding hydrogens is 366 g/mol. The number of hydrogen-bond acceptors (Lipinski definition) is 5. The Hall–Kier alpha value is -1.87. The number of aryl methyl sites for hydroxylation is 1. The molecule has 0 saturated carbocycles. The summed E-state index contributed by atoms with van der Waals surface area (Å²) in [6.45, 7) is 13.1. The molecule has 2 heterocycles. The fourth-order valence-corrected chi connectivity index (χ4v) is 3.79. The summed E-state index contributed by atoms with van der Waals surface area (Å²) in [5.41, 5.74) is 8.19. The van der Waals surface area contributed by atoms with Gasteiger partial charge in [-0.3, -0.25) is 14.3 Å². The van der Waals surface area contributed by atoms with Gasteiger partial charge in [-0.2, -0.15) is 0 Å². The molecule has 1 aliphatic rings. The van der Waals surface area contributed by atoms with Crippen LogP contribution in [0.4, 0.5) is 0 Å². The van der Waals surface area contributed by atoms with Crippen molar-refractivity contribution in [3.05, 3.63) is 43.0 Å². The maximum Gasteiger partial charge on any atom is 0.330 e. The van der Waals surface area contributed by atoms with E-state index in [1.807, 2.05) is 0 Å². The smallest absolute Gasteiger partial charge is 0.330 e. The topological polar surface area (TPSA) is 122 Å². The first-order valence-electron chi connectivity index (χ1n) is 9.08. The van der Waals surface area contributed by atoms with Gasteiger partial charge in [-0.1, -0.05) is 25.9 Å². The molecule has 0 spiro atoms. The van der Waals surface area contributed by atoms with Crippen LogP contribution in [0.2, 0.25) is 18.1 Å². The maximum atomic E-state index is 12.2. The molecule has 1 aliphatic heterocycles. The molecule has 9 nitrogen and oxygen atoms in total. The minimum atomic E-state index is -1.96. The molecule has 1 fully saturated rings. The van der Waals surface area contributed by atoms with Crippen LogP contribution in [-0.2, 0) is 9.16 Å². The van der Waals surface area contributed by atoms with Gasteiger partial charge in [0.25, 0.3) is 5.56 Å². The highest BCUT2D eigenvalue weighted by molar-refractivity contribution is 6.74. The number of H-pyrrole nitrogens is 1. The lowest BCUT2D eigenvalue weighted by Gasteiger charge is -2.37. The lowest BCUT2D eigenvalue weighted by Crippen LogP contribution is -2.43. The molecule has 27 heavy (non-hydrogen) atoms. The number of ether oxygens (including phenoxy) is 1. The fraction of sp³-hybridized carbons (Fsp3) is 0.765. The SMILES string of the molecule is Cc1cn([C@H]2C[C@H](CN=[N+]=[N-])[C@@H](CO[Si](C)(C)C(C)(C)C)O2)c(=O)[nH]c1=O. The van der Waals surface area contributed by atoms with Gasteiger partial charge in [0.15, 0.2) is 8.32 Å². The highest BCUT2D eigenvalue weighted by atomic mass is 28.4. The first-order valence-corrected chi connectivity index (χ1v) is 12.0. The van der Waals surface area contributed by atoms with Gasteiger partial charge in [0.1, 0.15) is 6.23 Å². The molecule has 1 saturated heterocycles. The van der Waals surface area contributed by atoms with E-state index in [1.54, 1.807) is 6.92 Å². The Morgan fingerprint density at radius 2 is 2.11 bits per heavy atom. The maximum absolute atomic E-state index is 12.2. The third-order valence-electron chi connectivity index (χ3n) is 5.61. The predicted octanol–water partition coefficient (Wildman–Crippen LogP) is 3.08. The number of nitrogens with one attached hydrogen (secondary N) is 1. The van der Waals surface area contributed by atoms with Crippen molar-refractivity contribution in [2.75, 3.05) is 13.2 Å². The molecule has 0 unspecified atom stereocenters.